The van der Waals surface area contributed by atoms with Crippen LogP contribution in [-0.4, -0.2) is 36.6 Å². The summed E-state index contributed by atoms with van der Waals surface area (Å²) >= 11 is 0. The molecule has 0 unspecified atom stereocenters. The fraction of sp³-hybridized carbons (Fsp3) is 0.833. The maximum atomic E-state index is 11.9. The monoisotopic (exact) mass is 278 g/mol. The van der Waals surface area contributed by atoms with Gasteiger partial charge in [0.1, 0.15) is 0 Å². The highest BCUT2D eigenvalue weighted by Gasteiger charge is 2.41. The Kier molecular flexibility index (Phi) is 5.50. The van der Waals surface area contributed by atoms with Crippen LogP contribution >= 0.6 is 0 Å². The largest absolute Gasteiger partial charge is 0.481 e. The third-order valence-corrected chi connectivity index (χ3v) is 3.69. The number of carboxylic acid groups (broad SMARTS) is 1. The van der Waals surface area contributed by atoms with Gasteiger partial charge in [0, 0.05) is 6.54 Å². The zero-order valence-corrected chi connectivity index (χ0v) is 10.9. The van der Waals surface area contributed by atoms with Crippen molar-refractivity contribution in [3.8, 4) is 0 Å². The van der Waals surface area contributed by atoms with Crippen LogP contribution in [0.3, 0.4) is 0 Å². The Labute approximate surface area is 110 Å². The highest BCUT2D eigenvalue weighted by atomic mass is 19.3. The minimum Gasteiger partial charge on any atom is -0.481 e. The molecule has 5 nitrogen and oxygen atoms in total. The lowest BCUT2D eigenvalue weighted by molar-refractivity contribution is -0.151. The molecule has 2 amide bonds. The van der Waals surface area contributed by atoms with Crippen LogP contribution in [0.2, 0.25) is 0 Å². The molecule has 0 spiro atoms. The van der Waals surface area contributed by atoms with E-state index in [2.05, 4.69) is 12.2 Å². The van der Waals surface area contributed by atoms with Gasteiger partial charge < -0.3 is 15.7 Å². The highest BCUT2D eigenvalue weighted by molar-refractivity contribution is 5.78. The van der Waals surface area contributed by atoms with Gasteiger partial charge in [-0.15, -0.1) is 0 Å². The van der Waals surface area contributed by atoms with Crippen molar-refractivity contribution in [3.63, 3.8) is 0 Å². The van der Waals surface area contributed by atoms with Crippen LogP contribution in [0.25, 0.3) is 0 Å². The van der Waals surface area contributed by atoms with Crippen molar-refractivity contribution < 1.29 is 23.5 Å². The highest BCUT2D eigenvalue weighted by Crippen LogP contribution is 2.38. The molecule has 0 radical (unpaired) electrons. The second kappa shape index (κ2) is 6.68. The Bertz CT molecular complexity index is 329. The van der Waals surface area contributed by atoms with Gasteiger partial charge in [0.05, 0.1) is 12.0 Å². The summed E-state index contributed by atoms with van der Waals surface area (Å²) in [7, 11) is 0. The summed E-state index contributed by atoms with van der Waals surface area (Å²) in [5, 5.41) is 13.7. The van der Waals surface area contributed by atoms with Crippen LogP contribution < -0.4 is 10.6 Å². The van der Waals surface area contributed by atoms with Crippen molar-refractivity contribution in [1.29, 1.82) is 0 Å². The number of carboxylic acids is 1. The Morgan fingerprint density at radius 2 is 1.89 bits per heavy atom. The van der Waals surface area contributed by atoms with Crippen molar-refractivity contribution in [2.45, 2.75) is 39.0 Å². The smallest absolute Gasteiger partial charge is 0.315 e. The van der Waals surface area contributed by atoms with Gasteiger partial charge in [0.2, 0.25) is 0 Å². The van der Waals surface area contributed by atoms with Crippen LogP contribution in [0.4, 0.5) is 13.6 Å². The Morgan fingerprint density at radius 1 is 1.32 bits per heavy atom. The fourth-order valence-electron chi connectivity index (χ4n) is 2.26. The molecule has 0 aromatic heterocycles. The summed E-state index contributed by atoms with van der Waals surface area (Å²) in [6.45, 7) is 1.31. The zero-order valence-electron chi connectivity index (χ0n) is 10.9. The molecule has 0 bridgehead atoms. The van der Waals surface area contributed by atoms with Crippen molar-refractivity contribution in [2.24, 2.45) is 11.3 Å². The van der Waals surface area contributed by atoms with Gasteiger partial charge in [0.25, 0.3) is 6.43 Å². The second-order valence-electron chi connectivity index (χ2n) is 5.22. The van der Waals surface area contributed by atoms with Gasteiger partial charge in [-0.2, -0.15) is 0 Å². The molecular weight excluding hydrogens is 258 g/mol. The van der Waals surface area contributed by atoms with Crippen LogP contribution in [0.5, 0.6) is 0 Å². The first-order valence-electron chi connectivity index (χ1n) is 6.39. The van der Waals surface area contributed by atoms with E-state index in [1.54, 1.807) is 0 Å². The molecule has 0 atom stereocenters. The first-order chi connectivity index (χ1) is 8.85. The van der Waals surface area contributed by atoms with E-state index in [4.69, 9.17) is 0 Å². The number of rotatable bonds is 5. The van der Waals surface area contributed by atoms with E-state index in [1.165, 1.54) is 0 Å². The quantitative estimate of drug-likeness (QED) is 0.718. The van der Waals surface area contributed by atoms with Gasteiger partial charge >= 0.3 is 12.0 Å². The lowest BCUT2D eigenvalue weighted by Gasteiger charge is -2.35. The molecule has 3 N–H and O–H groups in total. The SMILES string of the molecule is CC1CCC(CNC(=O)NCC(F)F)(C(=O)O)CC1. The van der Waals surface area contributed by atoms with Gasteiger partial charge in [-0.1, -0.05) is 6.92 Å². The molecule has 0 aromatic carbocycles. The van der Waals surface area contributed by atoms with E-state index in [-0.39, 0.29) is 6.54 Å². The Morgan fingerprint density at radius 3 is 2.37 bits per heavy atom. The van der Waals surface area contributed by atoms with Crippen LogP contribution in [-0.2, 0) is 4.79 Å². The molecule has 0 saturated heterocycles. The van der Waals surface area contributed by atoms with E-state index in [1.807, 2.05) is 5.32 Å². The van der Waals surface area contributed by atoms with E-state index in [0.29, 0.717) is 18.8 Å². The minimum atomic E-state index is -2.62. The number of aliphatic carboxylic acids is 1. The lowest BCUT2D eigenvalue weighted by Crippen LogP contribution is -2.48. The summed E-state index contributed by atoms with van der Waals surface area (Å²) in [4.78, 5) is 22.6. The van der Waals surface area contributed by atoms with Gasteiger partial charge in [-0.25, -0.2) is 13.6 Å². The molecule has 1 aliphatic rings. The number of hydrogen-bond donors (Lipinski definition) is 3. The average molecular weight is 278 g/mol. The predicted octanol–water partition coefficient (Wildman–Crippen LogP) is 1.83. The molecule has 1 saturated carbocycles. The molecule has 0 heterocycles. The predicted molar refractivity (Wildman–Crippen MR) is 65.1 cm³/mol. The number of urea groups is 1. The summed E-state index contributed by atoms with van der Waals surface area (Å²) in [6.07, 6.45) is -0.0222. The van der Waals surface area contributed by atoms with Gasteiger partial charge in [-0.05, 0) is 31.6 Å². The van der Waals surface area contributed by atoms with Crippen molar-refractivity contribution in [2.75, 3.05) is 13.1 Å². The zero-order chi connectivity index (χ0) is 14.5. The maximum absolute atomic E-state index is 11.9. The molecular formula is C12H20F2N2O3. The van der Waals surface area contributed by atoms with E-state index < -0.39 is 30.4 Å². The maximum Gasteiger partial charge on any atom is 0.315 e. The van der Waals surface area contributed by atoms with Gasteiger partial charge in [0.15, 0.2) is 0 Å². The van der Waals surface area contributed by atoms with Crippen molar-refractivity contribution in [1.82, 2.24) is 10.6 Å². The molecule has 1 rings (SSSR count). The molecule has 110 valence electrons. The number of hydrogen-bond acceptors (Lipinski definition) is 2. The number of amides is 2. The molecule has 0 aliphatic heterocycles. The van der Waals surface area contributed by atoms with Crippen LogP contribution in [0.1, 0.15) is 32.6 Å². The standard InChI is InChI=1S/C12H20F2N2O3/c1-8-2-4-12(5-3-8,10(17)18)7-16-11(19)15-6-9(13)14/h8-9H,2-7H2,1H3,(H,17,18)(H2,15,16,19). The lowest BCUT2D eigenvalue weighted by atomic mass is 9.71. The number of carbonyl (C=O) groups excluding carboxylic acids is 1. The average Bonchev–Trinajstić information content (AvgIpc) is 2.35. The first-order valence-corrected chi connectivity index (χ1v) is 6.39. The number of halogens is 2. The Balaban J connectivity index is 2.46. The summed E-state index contributed by atoms with van der Waals surface area (Å²) in [5.74, 6) is -0.450. The van der Waals surface area contributed by atoms with E-state index in [9.17, 15) is 23.5 Å². The summed E-state index contributed by atoms with van der Waals surface area (Å²) in [6, 6.07) is -0.750. The van der Waals surface area contributed by atoms with E-state index in [0.717, 1.165) is 12.8 Å². The van der Waals surface area contributed by atoms with Crippen LogP contribution in [0.15, 0.2) is 0 Å². The first kappa shape index (κ1) is 15.7. The molecule has 1 aliphatic carbocycles. The minimum absolute atomic E-state index is 0.0237. The molecule has 1 fully saturated rings. The van der Waals surface area contributed by atoms with Crippen molar-refractivity contribution in [3.05, 3.63) is 0 Å². The molecule has 0 aromatic rings. The third kappa shape index (κ3) is 4.65. The van der Waals surface area contributed by atoms with Crippen LogP contribution in [0, 0.1) is 11.3 Å². The fourth-order valence-corrected chi connectivity index (χ4v) is 2.26. The molecule has 7 heteroatoms. The Hall–Kier alpha value is -1.40. The second-order valence-corrected chi connectivity index (χ2v) is 5.22. The summed E-state index contributed by atoms with van der Waals surface area (Å²) in [5.41, 5.74) is -0.964. The van der Waals surface area contributed by atoms with Crippen molar-refractivity contribution >= 4 is 12.0 Å². The number of carbonyl (C=O) groups is 2. The normalized spacial score (nSPS) is 27.1. The van der Waals surface area contributed by atoms with Gasteiger partial charge in [-0.3, -0.25) is 4.79 Å². The third-order valence-electron chi connectivity index (χ3n) is 3.69. The summed E-state index contributed by atoms with van der Waals surface area (Å²) < 4.78 is 23.8. The molecule has 19 heavy (non-hydrogen) atoms. The number of alkyl halides is 2. The number of nitrogens with one attached hydrogen (secondary N) is 2. The van der Waals surface area contributed by atoms with E-state index >= 15 is 0 Å². The topological polar surface area (TPSA) is 78.4 Å².